The molecule has 0 saturated heterocycles. The van der Waals surface area contributed by atoms with Crippen LogP contribution in [-0.4, -0.2) is 31.2 Å². The van der Waals surface area contributed by atoms with Crippen LogP contribution in [0.2, 0.25) is 0 Å². The van der Waals surface area contributed by atoms with E-state index in [0.717, 1.165) is 15.6 Å². The minimum absolute atomic E-state index is 0.170. The van der Waals surface area contributed by atoms with Crippen LogP contribution in [0.25, 0.3) is 6.08 Å². The number of rotatable bonds is 7. The van der Waals surface area contributed by atoms with E-state index in [2.05, 4.69) is 26.3 Å². The number of ether oxygens (including phenoxy) is 2. The standard InChI is InChI=1S/C27H24BrN3O4/c1-17-7-10-21(11-8-17)29-26(32)16-35-24-12-9-19(14-25(24)34-3)13-23-18(2)30-31(27(23)33)22-6-4-5-20(28)15-22/h4-15H,16H2,1-3H3,(H,29,32)/b23-13+. The van der Waals surface area contributed by atoms with Crippen molar-refractivity contribution in [2.75, 3.05) is 24.0 Å². The number of benzene rings is 3. The first-order valence-electron chi connectivity index (χ1n) is 10.9. The Balaban J connectivity index is 1.46. The Hall–Kier alpha value is -3.91. The lowest BCUT2D eigenvalue weighted by Crippen LogP contribution is -2.21. The third-order valence-corrected chi connectivity index (χ3v) is 5.80. The number of hydrogen-bond donors (Lipinski definition) is 1. The Labute approximate surface area is 212 Å². The molecule has 1 heterocycles. The van der Waals surface area contributed by atoms with Gasteiger partial charge in [-0.25, -0.2) is 0 Å². The second-order valence-corrected chi connectivity index (χ2v) is 8.87. The van der Waals surface area contributed by atoms with E-state index in [0.29, 0.717) is 34.2 Å². The van der Waals surface area contributed by atoms with Crippen molar-refractivity contribution in [1.29, 1.82) is 0 Å². The van der Waals surface area contributed by atoms with Crippen LogP contribution >= 0.6 is 15.9 Å². The van der Waals surface area contributed by atoms with E-state index in [1.165, 1.54) is 12.1 Å². The maximum atomic E-state index is 13.0. The lowest BCUT2D eigenvalue weighted by atomic mass is 10.1. The molecule has 0 saturated carbocycles. The van der Waals surface area contributed by atoms with Gasteiger partial charge in [-0.05, 0) is 68.0 Å². The maximum Gasteiger partial charge on any atom is 0.280 e. The summed E-state index contributed by atoms with van der Waals surface area (Å²) >= 11 is 3.42. The monoisotopic (exact) mass is 533 g/mol. The number of anilines is 2. The van der Waals surface area contributed by atoms with Crippen molar-refractivity contribution in [2.24, 2.45) is 5.10 Å². The third-order valence-electron chi connectivity index (χ3n) is 5.31. The molecule has 2 amide bonds. The molecule has 1 N–H and O–H groups in total. The average Bonchev–Trinajstić information content (AvgIpc) is 3.13. The topological polar surface area (TPSA) is 80.2 Å². The van der Waals surface area contributed by atoms with E-state index < -0.39 is 0 Å². The molecule has 0 aliphatic carbocycles. The highest BCUT2D eigenvalue weighted by molar-refractivity contribution is 9.10. The summed E-state index contributed by atoms with van der Waals surface area (Å²) < 4.78 is 12.0. The zero-order chi connectivity index (χ0) is 24.9. The number of halogens is 1. The molecule has 0 fully saturated rings. The van der Waals surface area contributed by atoms with Gasteiger partial charge < -0.3 is 14.8 Å². The number of aryl methyl sites for hydroxylation is 1. The summed E-state index contributed by atoms with van der Waals surface area (Å²) in [5, 5.41) is 8.59. The fourth-order valence-corrected chi connectivity index (χ4v) is 3.89. The SMILES string of the molecule is COc1cc(/C=C2/C(=O)N(c3cccc(Br)c3)N=C2C)ccc1OCC(=O)Nc1ccc(C)cc1. The number of nitrogens with one attached hydrogen (secondary N) is 1. The van der Waals surface area contributed by atoms with Gasteiger partial charge >= 0.3 is 0 Å². The molecule has 7 nitrogen and oxygen atoms in total. The largest absolute Gasteiger partial charge is 0.493 e. The molecule has 0 bridgehead atoms. The maximum absolute atomic E-state index is 13.0. The molecule has 3 aromatic carbocycles. The first-order valence-corrected chi connectivity index (χ1v) is 11.7. The Kier molecular flexibility index (Phi) is 7.31. The molecule has 178 valence electrons. The first-order chi connectivity index (χ1) is 16.8. The molecule has 0 radical (unpaired) electrons. The predicted octanol–water partition coefficient (Wildman–Crippen LogP) is 5.59. The number of carbonyl (C=O) groups is 2. The molecule has 8 heteroatoms. The molecule has 3 aromatic rings. The molecule has 1 aliphatic rings. The Morgan fingerprint density at radius 1 is 1.06 bits per heavy atom. The third kappa shape index (κ3) is 5.78. The zero-order valence-electron chi connectivity index (χ0n) is 19.5. The average molecular weight is 534 g/mol. The fourth-order valence-electron chi connectivity index (χ4n) is 3.50. The van der Waals surface area contributed by atoms with Crippen LogP contribution in [0.15, 0.2) is 81.9 Å². The van der Waals surface area contributed by atoms with Gasteiger partial charge in [-0.3, -0.25) is 9.59 Å². The van der Waals surface area contributed by atoms with Crippen molar-refractivity contribution in [1.82, 2.24) is 0 Å². The highest BCUT2D eigenvalue weighted by Crippen LogP contribution is 2.31. The molecule has 4 rings (SSSR count). The molecule has 0 atom stereocenters. The van der Waals surface area contributed by atoms with Crippen molar-refractivity contribution in [3.05, 3.63) is 87.9 Å². The number of hydrogen-bond acceptors (Lipinski definition) is 5. The van der Waals surface area contributed by atoms with E-state index in [1.807, 2.05) is 55.5 Å². The minimum atomic E-state index is -0.280. The van der Waals surface area contributed by atoms with Crippen molar-refractivity contribution in [3.63, 3.8) is 0 Å². The van der Waals surface area contributed by atoms with Gasteiger partial charge in [0.2, 0.25) is 0 Å². The van der Waals surface area contributed by atoms with Crippen molar-refractivity contribution in [3.8, 4) is 11.5 Å². The molecule has 0 spiro atoms. The summed E-state index contributed by atoms with van der Waals surface area (Å²) in [5.74, 6) is 0.379. The number of amides is 2. The first kappa shape index (κ1) is 24.2. The van der Waals surface area contributed by atoms with Gasteiger partial charge in [0.05, 0.1) is 24.1 Å². The normalized spacial score (nSPS) is 14.2. The number of nitrogens with zero attached hydrogens (tertiary/aromatic N) is 2. The van der Waals surface area contributed by atoms with Gasteiger partial charge in [-0.2, -0.15) is 10.1 Å². The van der Waals surface area contributed by atoms with Crippen LogP contribution in [0.3, 0.4) is 0 Å². The molecule has 1 aliphatic heterocycles. The fraction of sp³-hybridized carbons (Fsp3) is 0.148. The minimum Gasteiger partial charge on any atom is -0.493 e. The summed E-state index contributed by atoms with van der Waals surface area (Å²) in [4.78, 5) is 25.3. The Bertz CT molecular complexity index is 1330. The van der Waals surface area contributed by atoms with Crippen LogP contribution in [0.5, 0.6) is 11.5 Å². The van der Waals surface area contributed by atoms with Crippen LogP contribution in [0, 0.1) is 6.92 Å². The number of hydrazone groups is 1. The van der Waals surface area contributed by atoms with Gasteiger partial charge in [0.15, 0.2) is 18.1 Å². The molecule has 35 heavy (non-hydrogen) atoms. The van der Waals surface area contributed by atoms with Gasteiger partial charge in [0.1, 0.15) is 0 Å². The van der Waals surface area contributed by atoms with Gasteiger partial charge in [0, 0.05) is 10.2 Å². The van der Waals surface area contributed by atoms with E-state index in [9.17, 15) is 9.59 Å². The second-order valence-electron chi connectivity index (χ2n) is 7.95. The van der Waals surface area contributed by atoms with E-state index >= 15 is 0 Å². The number of methoxy groups -OCH3 is 1. The van der Waals surface area contributed by atoms with Crippen molar-refractivity contribution >= 4 is 50.9 Å². The summed E-state index contributed by atoms with van der Waals surface area (Å²) in [6.45, 7) is 3.61. The van der Waals surface area contributed by atoms with Crippen molar-refractivity contribution in [2.45, 2.75) is 13.8 Å². The van der Waals surface area contributed by atoms with Crippen LogP contribution in [0.4, 0.5) is 11.4 Å². The molecule has 0 aromatic heterocycles. The summed E-state index contributed by atoms with van der Waals surface area (Å²) in [6, 6.07) is 20.2. The van der Waals surface area contributed by atoms with Crippen LogP contribution < -0.4 is 19.8 Å². The van der Waals surface area contributed by atoms with Gasteiger partial charge in [-0.15, -0.1) is 0 Å². The summed E-state index contributed by atoms with van der Waals surface area (Å²) in [7, 11) is 1.52. The quantitative estimate of drug-likeness (QED) is 0.401. The van der Waals surface area contributed by atoms with Crippen LogP contribution in [0.1, 0.15) is 18.1 Å². The second kappa shape index (κ2) is 10.6. The molecule has 0 unspecified atom stereocenters. The van der Waals surface area contributed by atoms with E-state index in [1.54, 1.807) is 31.2 Å². The lowest BCUT2D eigenvalue weighted by Gasteiger charge is -2.13. The van der Waals surface area contributed by atoms with Gasteiger partial charge in [0.25, 0.3) is 11.8 Å². The summed E-state index contributed by atoms with van der Waals surface area (Å²) in [6.07, 6.45) is 1.76. The number of carbonyl (C=O) groups excluding carboxylic acids is 2. The van der Waals surface area contributed by atoms with Gasteiger partial charge in [-0.1, -0.05) is 45.8 Å². The predicted molar refractivity (Wildman–Crippen MR) is 141 cm³/mol. The lowest BCUT2D eigenvalue weighted by molar-refractivity contribution is -0.118. The van der Waals surface area contributed by atoms with Crippen LogP contribution in [-0.2, 0) is 9.59 Å². The Morgan fingerprint density at radius 2 is 1.83 bits per heavy atom. The smallest absolute Gasteiger partial charge is 0.280 e. The van der Waals surface area contributed by atoms with E-state index in [4.69, 9.17) is 9.47 Å². The van der Waals surface area contributed by atoms with Crippen molar-refractivity contribution < 1.29 is 19.1 Å². The van der Waals surface area contributed by atoms with E-state index in [-0.39, 0.29) is 18.4 Å². The Morgan fingerprint density at radius 3 is 2.54 bits per heavy atom. The zero-order valence-corrected chi connectivity index (χ0v) is 21.1. The molecular formula is C27H24BrN3O4. The highest BCUT2D eigenvalue weighted by atomic mass is 79.9. The molecular weight excluding hydrogens is 510 g/mol. The highest BCUT2D eigenvalue weighted by Gasteiger charge is 2.28. The summed E-state index contributed by atoms with van der Waals surface area (Å²) in [5.41, 5.74) is 4.33.